The summed E-state index contributed by atoms with van der Waals surface area (Å²) in [7, 11) is 3.54. The standard InChI is InChI=1S/C23H23N5O/c1-24-13-18-15-25-20-10-9-19(17-8-11-21(29-2)26-14-17)28-23(20)22(18)27-12-16-6-4-3-5-7-16/h3-11,14-15,24H,12-13H2,1-2H3,(H,25,27). The van der Waals surface area contributed by atoms with Crippen LogP contribution in [0.4, 0.5) is 5.69 Å². The molecule has 146 valence electrons. The van der Waals surface area contributed by atoms with Crippen LogP contribution in [0.3, 0.4) is 0 Å². The Bertz CT molecular complexity index is 1100. The van der Waals surface area contributed by atoms with Gasteiger partial charge < -0.3 is 15.4 Å². The second-order valence-corrected chi connectivity index (χ2v) is 6.68. The van der Waals surface area contributed by atoms with Gasteiger partial charge in [-0.15, -0.1) is 0 Å². The molecule has 0 bridgehead atoms. The van der Waals surface area contributed by atoms with Crippen molar-refractivity contribution in [3.05, 3.63) is 78.1 Å². The van der Waals surface area contributed by atoms with E-state index in [4.69, 9.17) is 9.72 Å². The number of fused-ring (bicyclic) bond motifs is 1. The molecule has 29 heavy (non-hydrogen) atoms. The molecule has 0 fully saturated rings. The largest absolute Gasteiger partial charge is 0.481 e. The number of methoxy groups -OCH3 is 1. The highest BCUT2D eigenvalue weighted by atomic mass is 16.5. The predicted octanol–water partition coefficient (Wildman–Crippen LogP) is 4.03. The van der Waals surface area contributed by atoms with Crippen LogP contribution in [0.15, 0.2) is 67.0 Å². The second kappa shape index (κ2) is 8.67. The lowest BCUT2D eigenvalue weighted by Gasteiger charge is -2.15. The van der Waals surface area contributed by atoms with Crippen LogP contribution in [0.5, 0.6) is 5.88 Å². The molecule has 0 atom stereocenters. The number of aromatic nitrogens is 3. The maximum Gasteiger partial charge on any atom is 0.212 e. The monoisotopic (exact) mass is 385 g/mol. The van der Waals surface area contributed by atoms with E-state index in [1.54, 1.807) is 13.3 Å². The van der Waals surface area contributed by atoms with Crippen molar-refractivity contribution >= 4 is 16.7 Å². The Balaban J connectivity index is 1.75. The molecule has 4 aromatic rings. The number of rotatable bonds is 7. The summed E-state index contributed by atoms with van der Waals surface area (Å²) >= 11 is 0. The Hall–Kier alpha value is -3.51. The van der Waals surface area contributed by atoms with Crippen molar-refractivity contribution in [1.29, 1.82) is 0 Å². The fourth-order valence-electron chi connectivity index (χ4n) is 3.23. The molecule has 3 heterocycles. The minimum atomic E-state index is 0.581. The van der Waals surface area contributed by atoms with Crippen LogP contribution >= 0.6 is 0 Å². The minimum Gasteiger partial charge on any atom is -0.481 e. The number of nitrogens with zero attached hydrogens (tertiary/aromatic N) is 3. The fraction of sp³-hybridized carbons (Fsp3) is 0.174. The molecule has 0 aliphatic heterocycles. The van der Waals surface area contributed by atoms with Gasteiger partial charge in [0.25, 0.3) is 0 Å². The Kier molecular flexibility index (Phi) is 5.63. The molecular weight excluding hydrogens is 362 g/mol. The molecule has 0 spiro atoms. The van der Waals surface area contributed by atoms with Gasteiger partial charge >= 0.3 is 0 Å². The van der Waals surface area contributed by atoms with Crippen molar-refractivity contribution in [2.45, 2.75) is 13.1 Å². The Morgan fingerprint density at radius 2 is 1.76 bits per heavy atom. The third-order valence-electron chi connectivity index (χ3n) is 4.71. The average molecular weight is 385 g/mol. The molecule has 0 saturated heterocycles. The average Bonchev–Trinajstić information content (AvgIpc) is 2.79. The quantitative estimate of drug-likeness (QED) is 0.500. The van der Waals surface area contributed by atoms with Gasteiger partial charge in [-0.05, 0) is 30.8 Å². The van der Waals surface area contributed by atoms with Gasteiger partial charge in [0.1, 0.15) is 5.52 Å². The SMILES string of the molecule is CNCc1cnc2ccc(-c3ccc(OC)nc3)nc2c1NCc1ccccc1. The highest BCUT2D eigenvalue weighted by molar-refractivity contribution is 5.90. The van der Waals surface area contributed by atoms with E-state index < -0.39 is 0 Å². The van der Waals surface area contributed by atoms with E-state index in [2.05, 4.69) is 32.7 Å². The van der Waals surface area contributed by atoms with E-state index in [9.17, 15) is 0 Å². The van der Waals surface area contributed by atoms with Crippen molar-refractivity contribution in [3.8, 4) is 17.1 Å². The van der Waals surface area contributed by atoms with E-state index in [1.807, 2.05) is 55.7 Å². The summed E-state index contributed by atoms with van der Waals surface area (Å²) in [6.07, 6.45) is 3.68. The van der Waals surface area contributed by atoms with Crippen molar-refractivity contribution < 1.29 is 4.74 Å². The van der Waals surface area contributed by atoms with Gasteiger partial charge in [-0.2, -0.15) is 0 Å². The minimum absolute atomic E-state index is 0.581. The zero-order chi connectivity index (χ0) is 20.1. The normalized spacial score (nSPS) is 10.8. The third-order valence-corrected chi connectivity index (χ3v) is 4.71. The van der Waals surface area contributed by atoms with Crippen LogP contribution in [0, 0.1) is 0 Å². The van der Waals surface area contributed by atoms with Gasteiger partial charge in [0, 0.05) is 42.7 Å². The molecular formula is C23H23N5O. The lowest BCUT2D eigenvalue weighted by molar-refractivity contribution is 0.398. The summed E-state index contributed by atoms with van der Waals surface area (Å²) in [5.41, 5.74) is 6.76. The first-order valence-corrected chi connectivity index (χ1v) is 9.50. The predicted molar refractivity (Wildman–Crippen MR) is 116 cm³/mol. The Morgan fingerprint density at radius 1 is 0.897 bits per heavy atom. The number of hydrogen-bond acceptors (Lipinski definition) is 6. The first-order chi connectivity index (χ1) is 14.3. The maximum atomic E-state index is 5.15. The molecule has 0 unspecified atom stereocenters. The van der Waals surface area contributed by atoms with Crippen LogP contribution in [0.2, 0.25) is 0 Å². The number of pyridine rings is 3. The van der Waals surface area contributed by atoms with E-state index in [-0.39, 0.29) is 0 Å². The summed E-state index contributed by atoms with van der Waals surface area (Å²) in [4.78, 5) is 13.8. The lowest BCUT2D eigenvalue weighted by Crippen LogP contribution is -2.11. The molecule has 6 nitrogen and oxygen atoms in total. The molecule has 0 radical (unpaired) electrons. The number of benzene rings is 1. The topological polar surface area (TPSA) is 72.0 Å². The molecule has 0 amide bonds. The molecule has 1 aromatic carbocycles. The first kappa shape index (κ1) is 18.8. The van der Waals surface area contributed by atoms with Gasteiger partial charge in [-0.3, -0.25) is 4.98 Å². The third kappa shape index (κ3) is 4.17. The van der Waals surface area contributed by atoms with Crippen LogP contribution in [-0.4, -0.2) is 29.1 Å². The van der Waals surface area contributed by atoms with E-state index in [0.29, 0.717) is 19.0 Å². The molecule has 0 aliphatic rings. The molecule has 6 heteroatoms. The van der Waals surface area contributed by atoms with Gasteiger partial charge in [0.05, 0.1) is 24.0 Å². The molecule has 2 N–H and O–H groups in total. The van der Waals surface area contributed by atoms with Crippen LogP contribution in [0.25, 0.3) is 22.3 Å². The Morgan fingerprint density at radius 3 is 2.48 bits per heavy atom. The summed E-state index contributed by atoms with van der Waals surface area (Å²) in [6, 6.07) is 18.1. The summed E-state index contributed by atoms with van der Waals surface area (Å²) in [6.45, 7) is 1.42. The lowest BCUT2D eigenvalue weighted by atomic mass is 10.1. The van der Waals surface area contributed by atoms with Gasteiger partial charge in [-0.1, -0.05) is 30.3 Å². The van der Waals surface area contributed by atoms with Crippen molar-refractivity contribution in [2.75, 3.05) is 19.5 Å². The van der Waals surface area contributed by atoms with Crippen LogP contribution in [-0.2, 0) is 13.1 Å². The van der Waals surface area contributed by atoms with Gasteiger partial charge in [0.15, 0.2) is 0 Å². The highest BCUT2D eigenvalue weighted by Crippen LogP contribution is 2.28. The molecule has 0 saturated carbocycles. The van der Waals surface area contributed by atoms with E-state index in [1.165, 1.54) is 5.56 Å². The zero-order valence-corrected chi connectivity index (χ0v) is 16.5. The molecule has 3 aromatic heterocycles. The zero-order valence-electron chi connectivity index (χ0n) is 16.5. The van der Waals surface area contributed by atoms with Crippen LogP contribution < -0.4 is 15.4 Å². The first-order valence-electron chi connectivity index (χ1n) is 9.50. The number of ether oxygens (including phenoxy) is 1. The molecule has 4 rings (SSSR count). The van der Waals surface area contributed by atoms with Crippen LogP contribution in [0.1, 0.15) is 11.1 Å². The Labute approximate surface area is 170 Å². The number of hydrogen-bond donors (Lipinski definition) is 2. The number of nitrogens with one attached hydrogen (secondary N) is 2. The summed E-state index contributed by atoms with van der Waals surface area (Å²) in [5.74, 6) is 0.581. The fourth-order valence-corrected chi connectivity index (χ4v) is 3.23. The highest BCUT2D eigenvalue weighted by Gasteiger charge is 2.12. The molecule has 0 aliphatic carbocycles. The van der Waals surface area contributed by atoms with Crippen molar-refractivity contribution in [3.63, 3.8) is 0 Å². The van der Waals surface area contributed by atoms with Crippen molar-refractivity contribution in [1.82, 2.24) is 20.3 Å². The maximum absolute atomic E-state index is 5.15. The van der Waals surface area contributed by atoms with Gasteiger partial charge in [0.2, 0.25) is 5.88 Å². The smallest absolute Gasteiger partial charge is 0.212 e. The van der Waals surface area contributed by atoms with Crippen molar-refractivity contribution in [2.24, 2.45) is 0 Å². The number of anilines is 1. The van der Waals surface area contributed by atoms with Gasteiger partial charge in [-0.25, -0.2) is 9.97 Å². The van der Waals surface area contributed by atoms with E-state index in [0.717, 1.165) is 33.5 Å². The van der Waals surface area contributed by atoms with E-state index >= 15 is 0 Å². The summed E-state index contributed by atoms with van der Waals surface area (Å²) in [5, 5.41) is 6.79. The summed E-state index contributed by atoms with van der Waals surface area (Å²) < 4.78 is 5.15. The second-order valence-electron chi connectivity index (χ2n) is 6.68.